The molecule has 1 aromatic heterocycles. The maximum absolute atomic E-state index is 12.9. The highest BCUT2D eigenvalue weighted by Gasteiger charge is 2.27. The summed E-state index contributed by atoms with van der Waals surface area (Å²) in [6, 6.07) is 4.47. The van der Waals surface area contributed by atoms with Gasteiger partial charge in [-0.25, -0.2) is 8.42 Å². The van der Waals surface area contributed by atoms with E-state index < -0.39 is 15.9 Å². The van der Waals surface area contributed by atoms with Gasteiger partial charge in [0.05, 0.1) is 23.4 Å². The van der Waals surface area contributed by atoms with Crippen LogP contribution in [0, 0.1) is 13.8 Å². The van der Waals surface area contributed by atoms with Gasteiger partial charge >= 0.3 is 0 Å². The van der Waals surface area contributed by atoms with Gasteiger partial charge in [0, 0.05) is 13.1 Å². The minimum absolute atomic E-state index is 0.124. The number of carbonyl (C=O) groups is 1. The molecule has 0 atom stereocenters. The fourth-order valence-electron chi connectivity index (χ4n) is 3.19. The van der Waals surface area contributed by atoms with Crippen molar-refractivity contribution in [1.29, 1.82) is 0 Å². The smallest absolute Gasteiger partial charge is 0.261 e. The second-order valence-corrected chi connectivity index (χ2v) is 8.42. The SMILES string of the molecule is COc1ccc(S(=O)(=O)N2CCCCC2)cc1NC(=O)c1c(C)noc1C. The Labute approximate surface area is 158 Å². The summed E-state index contributed by atoms with van der Waals surface area (Å²) in [7, 11) is -2.16. The van der Waals surface area contributed by atoms with Crippen LogP contribution in [0.5, 0.6) is 5.75 Å². The van der Waals surface area contributed by atoms with Gasteiger partial charge in [-0.3, -0.25) is 4.79 Å². The molecule has 1 aliphatic rings. The van der Waals surface area contributed by atoms with Crippen LogP contribution in [0.25, 0.3) is 0 Å². The fourth-order valence-corrected chi connectivity index (χ4v) is 4.74. The first-order valence-electron chi connectivity index (χ1n) is 8.77. The molecule has 1 saturated heterocycles. The molecule has 1 amide bonds. The molecule has 2 heterocycles. The van der Waals surface area contributed by atoms with Gasteiger partial charge in [-0.2, -0.15) is 4.31 Å². The molecule has 0 spiro atoms. The number of benzene rings is 1. The third-order valence-corrected chi connectivity index (χ3v) is 6.53. The van der Waals surface area contributed by atoms with Gasteiger partial charge in [-0.15, -0.1) is 0 Å². The second kappa shape index (κ2) is 7.69. The predicted molar refractivity (Wildman–Crippen MR) is 99.5 cm³/mol. The van der Waals surface area contributed by atoms with Gasteiger partial charge in [0.25, 0.3) is 5.91 Å². The van der Waals surface area contributed by atoms with Crippen molar-refractivity contribution in [2.24, 2.45) is 0 Å². The summed E-state index contributed by atoms with van der Waals surface area (Å²) in [6.45, 7) is 4.33. The van der Waals surface area contributed by atoms with Crippen molar-refractivity contribution >= 4 is 21.6 Å². The topological polar surface area (TPSA) is 102 Å². The number of aryl methyl sites for hydroxylation is 2. The number of ether oxygens (including phenoxy) is 1. The first kappa shape index (κ1) is 19.4. The Morgan fingerprint density at radius 3 is 2.52 bits per heavy atom. The molecule has 0 radical (unpaired) electrons. The highest BCUT2D eigenvalue weighted by atomic mass is 32.2. The number of nitrogens with zero attached hydrogens (tertiary/aromatic N) is 2. The number of hydrogen-bond acceptors (Lipinski definition) is 6. The standard InChI is InChI=1S/C18H23N3O5S/c1-12-17(13(2)26-20-12)18(22)19-15-11-14(7-8-16(15)25-3)27(23,24)21-9-5-4-6-10-21/h7-8,11H,4-6,9-10H2,1-3H3,(H,19,22). The molecular weight excluding hydrogens is 370 g/mol. The van der Waals surface area contributed by atoms with E-state index >= 15 is 0 Å². The van der Waals surface area contributed by atoms with Crippen molar-refractivity contribution in [3.63, 3.8) is 0 Å². The van der Waals surface area contributed by atoms with Crippen molar-refractivity contribution in [1.82, 2.24) is 9.46 Å². The Bertz CT molecular complexity index is 926. The van der Waals surface area contributed by atoms with E-state index in [9.17, 15) is 13.2 Å². The van der Waals surface area contributed by atoms with Crippen LogP contribution in [-0.2, 0) is 10.0 Å². The molecule has 3 rings (SSSR count). The Hall–Kier alpha value is -2.39. The van der Waals surface area contributed by atoms with E-state index in [0.29, 0.717) is 35.9 Å². The molecule has 8 nitrogen and oxygen atoms in total. The maximum Gasteiger partial charge on any atom is 0.261 e. The number of piperidine rings is 1. The third-order valence-electron chi connectivity index (χ3n) is 4.63. The van der Waals surface area contributed by atoms with E-state index in [-0.39, 0.29) is 10.6 Å². The Balaban J connectivity index is 1.93. The molecule has 146 valence electrons. The summed E-state index contributed by atoms with van der Waals surface area (Å²) in [5.41, 5.74) is 1.06. The van der Waals surface area contributed by atoms with E-state index in [2.05, 4.69) is 10.5 Å². The van der Waals surface area contributed by atoms with E-state index in [4.69, 9.17) is 9.26 Å². The Morgan fingerprint density at radius 1 is 1.22 bits per heavy atom. The average Bonchev–Trinajstić information content (AvgIpc) is 3.00. The molecule has 0 aliphatic carbocycles. The second-order valence-electron chi connectivity index (χ2n) is 6.48. The summed E-state index contributed by atoms with van der Waals surface area (Å²) >= 11 is 0. The number of nitrogens with one attached hydrogen (secondary N) is 1. The number of carbonyl (C=O) groups excluding carboxylic acids is 1. The molecule has 0 unspecified atom stereocenters. The summed E-state index contributed by atoms with van der Waals surface area (Å²) in [5.74, 6) is 0.325. The van der Waals surface area contributed by atoms with Crippen LogP contribution in [0.3, 0.4) is 0 Å². The van der Waals surface area contributed by atoms with Crippen molar-refractivity contribution < 1.29 is 22.5 Å². The number of methoxy groups -OCH3 is 1. The van der Waals surface area contributed by atoms with Crippen LogP contribution in [0.15, 0.2) is 27.6 Å². The first-order valence-corrected chi connectivity index (χ1v) is 10.2. The highest BCUT2D eigenvalue weighted by Crippen LogP contribution is 2.30. The van der Waals surface area contributed by atoms with E-state index in [1.54, 1.807) is 19.9 Å². The average molecular weight is 393 g/mol. The largest absolute Gasteiger partial charge is 0.495 e. The number of aromatic nitrogens is 1. The third kappa shape index (κ3) is 3.84. The molecule has 1 aromatic carbocycles. The molecule has 1 aliphatic heterocycles. The van der Waals surface area contributed by atoms with Gasteiger partial charge in [-0.1, -0.05) is 11.6 Å². The lowest BCUT2D eigenvalue weighted by Gasteiger charge is -2.26. The monoisotopic (exact) mass is 393 g/mol. The fraction of sp³-hybridized carbons (Fsp3) is 0.444. The normalized spacial score (nSPS) is 15.5. The van der Waals surface area contributed by atoms with Gasteiger partial charge in [0.2, 0.25) is 10.0 Å². The van der Waals surface area contributed by atoms with Gasteiger partial charge in [-0.05, 0) is 44.9 Å². The van der Waals surface area contributed by atoms with E-state index in [1.807, 2.05) is 0 Å². The quantitative estimate of drug-likeness (QED) is 0.838. The molecule has 9 heteroatoms. The van der Waals surface area contributed by atoms with Crippen LogP contribution in [0.4, 0.5) is 5.69 Å². The number of hydrogen-bond donors (Lipinski definition) is 1. The molecule has 1 fully saturated rings. The molecule has 1 N–H and O–H groups in total. The van der Waals surface area contributed by atoms with Crippen molar-refractivity contribution in [3.05, 3.63) is 35.2 Å². The summed E-state index contributed by atoms with van der Waals surface area (Å²) in [4.78, 5) is 12.7. The molecule has 27 heavy (non-hydrogen) atoms. The Morgan fingerprint density at radius 2 is 1.93 bits per heavy atom. The summed E-state index contributed by atoms with van der Waals surface area (Å²) < 4.78 is 37.6. The summed E-state index contributed by atoms with van der Waals surface area (Å²) in [6.07, 6.45) is 2.74. The zero-order valence-corrected chi connectivity index (χ0v) is 16.4. The van der Waals surface area contributed by atoms with Crippen molar-refractivity contribution in [2.75, 3.05) is 25.5 Å². The number of rotatable bonds is 5. The lowest BCUT2D eigenvalue weighted by Crippen LogP contribution is -2.35. The number of amides is 1. The maximum atomic E-state index is 12.9. The lowest BCUT2D eigenvalue weighted by atomic mass is 10.2. The summed E-state index contributed by atoms with van der Waals surface area (Å²) in [5, 5.41) is 6.48. The van der Waals surface area contributed by atoms with Crippen LogP contribution in [0.1, 0.15) is 41.1 Å². The number of sulfonamides is 1. The van der Waals surface area contributed by atoms with Crippen molar-refractivity contribution in [3.8, 4) is 5.75 Å². The molecule has 0 saturated carbocycles. The Kier molecular flexibility index (Phi) is 5.52. The van der Waals surface area contributed by atoms with Crippen LogP contribution < -0.4 is 10.1 Å². The molecule has 2 aromatic rings. The van der Waals surface area contributed by atoms with Gasteiger partial charge in [0.15, 0.2) is 0 Å². The lowest BCUT2D eigenvalue weighted by molar-refractivity contribution is 0.102. The van der Waals surface area contributed by atoms with Crippen LogP contribution in [-0.4, -0.2) is 44.0 Å². The van der Waals surface area contributed by atoms with Crippen LogP contribution in [0.2, 0.25) is 0 Å². The highest BCUT2D eigenvalue weighted by molar-refractivity contribution is 7.89. The first-order chi connectivity index (χ1) is 12.8. The van der Waals surface area contributed by atoms with Crippen LogP contribution >= 0.6 is 0 Å². The van der Waals surface area contributed by atoms with Crippen molar-refractivity contribution in [2.45, 2.75) is 38.0 Å². The predicted octanol–water partition coefficient (Wildman–Crippen LogP) is 2.73. The van der Waals surface area contributed by atoms with E-state index in [1.165, 1.54) is 23.5 Å². The minimum Gasteiger partial charge on any atom is -0.495 e. The zero-order valence-electron chi connectivity index (χ0n) is 15.6. The minimum atomic E-state index is -3.62. The zero-order chi connectivity index (χ0) is 19.6. The number of anilines is 1. The molecule has 0 bridgehead atoms. The van der Waals surface area contributed by atoms with Gasteiger partial charge in [0.1, 0.15) is 17.1 Å². The van der Waals surface area contributed by atoms with E-state index in [0.717, 1.165) is 19.3 Å². The molecular formula is C18H23N3O5S. The van der Waals surface area contributed by atoms with Gasteiger partial charge < -0.3 is 14.6 Å².